The van der Waals surface area contributed by atoms with E-state index in [0.717, 1.165) is 18.3 Å². The minimum Gasteiger partial charge on any atom is -0.310 e. The van der Waals surface area contributed by atoms with E-state index in [1.54, 1.807) is 0 Å². The molecule has 0 amide bonds. The van der Waals surface area contributed by atoms with Crippen LogP contribution in [0.4, 0.5) is 0 Å². The fourth-order valence-electron chi connectivity index (χ4n) is 2.49. The lowest BCUT2D eigenvalue weighted by molar-refractivity contribution is 0.680. The minimum absolute atomic E-state index is 0.764. The van der Waals surface area contributed by atoms with Gasteiger partial charge in [-0.15, -0.1) is 11.8 Å². The third kappa shape index (κ3) is 4.36. The number of thioether (sulfide) groups is 1. The average molecular weight is 297 g/mol. The highest BCUT2D eigenvalue weighted by molar-refractivity contribution is 7.98. The zero-order chi connectivity index (χ0) is 14.7. The van der Waals surface area contributed by atoms with Crippen LogP contribution in [0.5, 0.6) is 0 Å². The second-order valence-corrected chi connectivity index (χ2v) is 7.06. The van der Waals surface area contributed by atoms with E-state index in [4.69, 9.17) is 0 Å². The van der Waals surface area contributed by atoms with Gasteiger partial charge in [-0.2, -0.15) is 0 Å². The van der Waals surface area contributed by atoms with Crippen molar-refractivity contribution in [3.8, 4) is 0 Å². The molecule has 1 N–H and O–H groups in total. The van der Waals surface area contributed by atoms with Gasteiger partial charge in [0.1, 0.15) is 0 Å². The van der Waals surface area contributed by atoms with E-state index in [1.807, 2.05) is 11.8 Å². The zero-order valence-electron chi connectivity index (χ0n) is 12.9. The van der Waals surface area contributed by atoms with Crippen molar-refractivity contribution < 1.29 is 0 Å². The monoisotopic (exact) mass is 297 g/mol. The van der Waals surface area contributed by atoms with Gasteiger partial charge in [-0.1, -0.05) is 47.5 Å². The Kier molecular flexibility index (Phi) is 4.67. The molecule has 0 atom stereocenters. The van der Waals surface area contributed by atoms with Crippen LogP contribution in [-0.2, 0) is 12.3 Å². The van der Waals surface area contributed by atoms with Crippen LogP contribution < -0.4 is 5.32 Å². The second kappa shape index (κ2) is 6.67. The van der Waals surface area contributed by atoms with Crippen molar-refractivity contribution in [1.29, 1.82) is 0 Å². The number of hydrogen-bond acceptors (Lipinski definition) is 2. The molecule has 0 aliphatic heterocycles. The first-order chi connectivity index (χ1) is 10.2. The molecule has 0 aromatic heterocycles. The summed E-state index contributed by atoms with van der Waals surface area (Å²) in [6, 6.07) is 16.4. The van der Waals surface area contributed by atoms with Crippen LogP contribution in [0.3, 0.4) is 0 Å². The van der Waals surface area contributed by atoms with E-state index < -0.39 is 0 Å². The van der Waals surface area contributed by atoms with E-state index in [1.165, 1.54) is 40.0 Å². The molecule has 110 valence electrons. The topological polar surface area (TPSA) is 12.0 Å². The van der Waals surface area contributed by atoms with Crippen LogP contribution in [0.15, 0.2) is 47.4 Å². The van der Waals surface area contributed by atoms with Crippen molar-refractivity contribution in [2.75, 3.05) is 0 Å². The van der Waals surface area contributed by atoms with Gasteiger partial charge >= 0.3 is 0 Å². The van der Waals surface area contributed by atoms with Crippen molar-refractivity contribution in [1.82, 2.24) is 5.32 Å². The molecule has 1 fully saturated rings. The van der Waals surface area contributed by atoms with Gasteiger partial charge in [0.25, 0.3) is 0 Å². The van der Waals surface area contributed by atoms with Crippen LogP contribution in [0.1, 0.15) is 35.1 Å². The van der Waals surface area contributed by atoms with E-state index in [9.17, 15) is 0 Å². The first-order valence-corrected chi connectivity index (χ1v) is 8.70. The summed E-state index contributed by atoms with van der Waals surface area (Å²) in [5.41, 5.74) is 5.54. The van der Waals surface area contributed by atoms with Crippen LogP contribution in [0, 0.1) is 13.8 Å². The van der Waals surface area contributed by atoms with Crippen molar-refractivity contribution in [2.45, 2.75) is 49.9 Å². The second-order valence-electron chi connectivity index (χ2n) is 6.04. The Hall–Kier alpha value is -1.25. The Bertz CT molecular complexity index is 617. The number of hydrogen-bond donors (Lipinski definition) is 1. The van der Waals surface area contributed by atoms with Gasteiger partial charge in [0.15, 0.2) is 0 Å². The van der Waals surface area contributed by atoms with Crippen LogP contribution in [0.25, 0.3) is 0 Å². The number of benzene rings is 2. The zero-order valence-corrected chi connectivity index (χ0v) is 13.7. The van der Waals surface area contributed by atoms with Gasteiger partial charge in [0.2, 0.25) is 0 Å². The van der Waals surface area contributed by atoms with Crippen molar-refractivity contribution in [3.63, 3.8) is 0 Å². The Morgan fingerprint density at radius 2 is 1.86 bits per heavy atom. The summed E-state index contributed by atoms with van der Waals surface area (Å²) in [4.78, 5) is 1.41. The van der Waals surface area contributed by atoms with Crippen molar-refractivity contribution in [2.24, 2.45) is 0 Å². The predicted molar refractivity (Wildman–Crippen MR) is 91.8 cm³/mol. The van der Waals surface area contributed by atoms with Gasteiger partial charge in [-0.05, 0) is 43.9 Å². The lowest BCUT2D eigenvalue weighted by Gasteiger charge is -2.11. The molecule has 2 heteroatoms. The first kappa shape index (κ1) is 14.7. The maximum atomic E-state index is 3.63. The molecule has 1 nitrogen and oxygen atoms in total. The third-order valence-corrected chi connectivity index (χ3v) is 5.04. The third-order valence-electron chi connectivity index (χ3n) is 3.85. The molecule has 1 aliphatic carbocycles. The molecule has 3 rings (SSSR count). The molecular formula is C19H23NS. The quantitative estimate of drug-likeness (QED) is 0.765. The summed E-state index contributed by atoms with van der Waals surface area (Å²) in [5, 5.41) is 3.63. The van der Waals surface area contributed by atoms with Crippen molar-refractivity contribution >= 4 is 11.8 Å². The number of aryl methyl sites for hydroxylation is 2. The smallest absolute Gasteiger partial charge is 0.0232 e. The Labute approximate surface area is 132 Å². The summed E-state index contributed by atoms with van der Waals surface area (Å²) in [7, 11) is 0. The lowest BCUT2D eigenvalue weighted by Crippen LogP contribution is -2.15. The molecule has 1 saturated carbocycles. The molecule has 2 aromatic carbocycles. The molecule has 21 heavy (non-hydrogen) atoms. The lowest BCUT2D eigenvalue weighted by atomic mass is 10.1. The molecule has 0 radical (unpaired) electrons. The van der Waals surface area contributed by atoms with E-state index >= 15 is 0 Å². The molecular weight excluding hydrogens is 274 g/mol. The van der Waals surface area contributed by atoms with E-state index in [2.05, 4.69) is 61.6 Å². The van der Waals surface area contributed by atoms with Gasteiger partial charge in [0.05, 0.1) is 0 Å². The molecule has 1 aliphatic rings. The normalized spacial score (nSPS) is 14.4. The summed E-state index contributed by atoms with van der Waals surface area (Å²) in [5.74, 6) is 1.04. The van der Waals surface area contributed by atoms with Crippen LogP contribution in [-0.4, -0.2) is 6.04 Å². The molecule has 0 heterocycles. The summed E-state index contributed by atoms with van der Waals surface area (Å²) in [6.07, 6.45) is 2.69. The highest BCUT2D eigenvalue weighted by Crippen LogP contribution is 2.28. The maximum Gasteiger partial charge on any atom is 0.0232 e. The standard InChI is InChI=1S/C19H23NS/c1-14-4-3-5-16(10-14)13-21-19-9-6-15(2)11-17(19)12-20-18-7-8-18/h3-6,9-11,18,20H,7-8,12-13H2,1-2H3. The van der Waals surface area contributed by atoms with Gasteiger partial charge < -0.3 is 5.32 Å². The SMILES string of the molecule is Cc1cccc(CSc2ccc(C)cc2CNC2CC2)c1. The largest absolute Gasteiger partial charge is 0.310 e. The fourth-order valence-corrected chi connectivity index (χ4v) is 3.47. The summed E-state index contributed by atoms with van der Waals surface area (Å²) >= 11 is 1.95. The summed E-state index contributed by atoms with van der Waals surface area (Å²) in [6.45, 7) is 5.34. The number of nitrogens with one attached hydrogen (secondary N) is 1. The first-order valence-electron chi connectivity index (χ1n) is 7.72. The van der Waals surface area contributed by atoms with Gasteiger partial charge in [0, 0.05) is 23.2 Å². The average Bonchev–Trinajstić information content (AvgIpc) is 3.28. The van der Waals surface area contributed by atoms with E-state index in [0.29, 0.717) is 0 Å². The molecule has 2 aromatic rings. The molecule has 0 saturated heterocycles. The highest BCUT2D eigenvalue weighted by atomic mass is 32.2. The minimum atomic E-state index is 0.764. The van der Waals surface area contributed by atoms with Crippen molar-refractivity contribution in [3.05, 3.63) is 64.7 Å². The van der Waals surface area contributed by atoms with Gasteiger partial charge in [-0.25, -0.2) is 0 Å². The molecule has 0 bridgehead atoms. The Morgan fingerprint density at radius 3 is 2.62 bits per heavy atom. The van der Waals surface area contributed by atoms with Crippen LogP contribution >= 0.6 is 11.8 Å². The Balaban J connectivity index is 1.68. The van der Waals surface area contributed by atoms with Gasteiger partial charge in [-0.3, -0.25) is 0 Å². The maximum absolute atomic E-state index is 3.63. The molecule has 0 unspecified atom stereocenters. The highest BCUT2D eigenvalue weighted by Gasteiger charge is 2.20. The van der Waals surface area contributed by atoms with Crippen LogP contribution in [0.2, 0.25) is 0 Å². The van der Waals surface area contributed by atoms with E-state index in [-0.39, 0.29) is 0 Å². The molecule has 0 spiro atoms. The predicted octanol–water partition coefficient (Wildman–Crippen LogP) is 4.85. The Morgan fingerprint density at radius 1 is 1.05 bits per heavy atom. The number of rotatable bonds is 6. The fraction of sp³-hybridized carbons (Fsp3) is 0.368. The summed E-state index contributed by atoms with van der Waals surface area (Å²) < 4.78 is 0.